The fraction of sp³-hybridized carbons (Fsp3) is 0.211. The summed E-state index contributed by atoms with van der Waals surface area (Å²) in [5.74, 6) is 1.52. The van der Waals surface area contributed by atoms with Crippen LogP contribution in [-0.2, 0) is 0 Å². The predicted molar refractivity (Wildman–Crippen MR) is 88.3 cm³/mol. The van der Waals surface area contributed by atoms with Crippen molar-refractivity contribution >= 4 is 0 Å². The van der Waals surface area contributed by atoms with E-state index in [0.29, 0.717) is 0 Å². The second-order valence-corrected chi connectivity index (χ2v) is 5.46. The molecule has 1 atom stereocenters. The maximum atomic E-state index is 10.1. The van der Waals surface area contributed by atoms with Crippen molar-refractivity contribution in [2.75, 3.05) is 6.61 Å². The van der Waals surface area contributed by atoms with E-state index in [4.69, 9.17) is 9.26 Å². The van der Waals surface area contributed by atoms with Crippen molar-refractivity contribution in [2.24, 2.45) is 0 Å². The largest absolute Gasteiger partial charge is 0.491 e. The Kier molecular flexibility index (Phi) is 4.44. The summed E-state index contributed by atoms with van der Waals surface area (Å²) >= 11 is 0. The van der Waals surface area contributed by atoms with Crippen LogP contribution >= 0.6 is 0 Å². The van der Waals surface area contributed by atoms with Gasteiger partial charge in [0.25, 0.3) is 0 Å². The van der Waals surface area contributed by atoms with E-state index in [1.54, 1.807) is 0 Å². The van der Waals surface area contributed by atoms with E-state index < -0.39 is 6.10 Å². The molecule has 3 rings (SSSR count). The second kappa shape index (κ2) is 6.67. The average molecular weight is 309 g/mol. The van der Waals surface area contributed by atoms with Gasteiger partial charge in [-0.2, -0.15) is 0 Å². The number of hydrogen-bond acceptors (Lipinski definition) is 4. The molecule has 2 aromatic carbocycles. The quantitative estimate of drug-likeness (QED) is 0.772. The Morgan fingerprint density at radius 2 is 1.74 bits per heavy atom. The Balaban J connectivity index is 1.66. The molecule has 0 radical (unpaired) electrons. The van der Waals surface area contributed by atoms with Gasteiger partial charge in [-0.25, -0.2) is 0 Å². The molecule has 0 aliphatic carbocycles. The Bertz CT molecular complexity index is 744. The van der Waals surface area contributed by atoms with Gasteiger partial charge in [-0.15, -0.1) is 0 Å². The highest BCUT2D eigenvalue weighted by atomic mass is 16.5. The molecule has 118 valence electrons. The van der Waals surface area contributed by atoms with Crippen molar-refractivity contribution in [3.8, 4) is 16.9 Å². The Hall–Kier alpha value is -2.59. The van der Waals surface area contributed by atoms with Gasteiger partial charge in [0.15, 0.2) is 0 Å². The monoisotopic (exact) mass is 309 g/mol. The summed E-state index contributed by atoms with van der Waals surface area (Å²) in [6, 6.07) is 17.2. The van der Waals surface area contributed by atoms with E-state index in [9.17, 15) is 5.11 Å². The molecule has 3 aromatic rings. The molecule has 0 aliphatic rings. The fourth-order valence-electron chi connectivity index (χ4n) is 2.56. The van der Waals surface area contributed by atoms with E-state index in [1.807, 2.05) is 68.4 Å². The van der Waals surface area contributed by atoms with Crippen molar-refractivity contribution in [3.63, 3.8) is 0 Å². The normalized spacial score (nSPS) is 12.1. The van der Waals surface area contributed by atoms with Crippen molar-refractivity contribution in [1.29, 1.82) is 0 Å². The summed E-state index contributed by atoms with van der Waals surface area (Å²) in [4.78, 5) is 0. The van der Waals surface area contributed by atoms with Crippen LogP contribution in [0.1, 0.15) is 23.1 Å². The van der Waals surface area contributed by atoms with Crippen LogP contribution in [0.4, 0.5) is 0 Å². The predicted octanol–water partition coefficient (Wildman–Crippen LogP) is 4.07. The number of aliphatic hydroxyl groups excluding tert-OH is 1. The summed E-state index contributed by atoms with van der Waals surface area (Å²) in [5.41, 5.74) is 3.77. The highest BCUT2D eigenvalue weighted by molar-refractivity contribution is 5.68. The lowest BCUT2D eigenvalue weighted by atomic mass is 10.0. The minimum Gasteiger partial charge on any atom is -0.491 e. The number of hydrogen-bond donors (Lipinski definition) is 1. The van der Waals surface area contributed by atoms with Crippen LogP contribution < -0.4 is 4.74 Å². The maximum absolute atomic E-state index is 10.1. The Morgan fingerprint density at radius 1 is 1.04 bits per heavy atom. The minimum absolute atomic E-state index is 0.217. The van der Waals surface area contributed by atoms with Gasteiger partial charge in [0.1, 0.15) is 24.2 Å². The van der Waals surface area contributed by atoms with Crippen LogP contribution in [0.25, 0.3) is 11.1 Å². The number of ether oxygens (including phenoxy) is 1. The van der Waals surface area contributed by atoms with Gasteiger partial charge in [0.05, 0.1) is 5.69 Å². The molecule has 0 spiro atoms. The van der Waals surface area contributed by atoms with Crippen molar-refractivity contribution in [3.05, 3.63) is 71.6 Å². The Labute approximate surface area is 135 Å². The lowest BCUT2D eigenvalue weighted by Gasteiger charge is -2.13. The molecule has 23 heavy (non-hydrogen) atoms. The maximum Gasteiger partial charge on any atom is 0.141 e. The van der Waals surface area contributed by atoms with Crippen LogP contribution in [0.5, 0.6) is 5.75 Å². The topological polar surface area (TPSA) is 55.5 Å². The summed E-state index contributed by atoms with van der Waals surface area (Å²) in [5, 5.41) is 14.1. The molecule has 0 saturated carbocycles. The number of nitrogens with zero attached hydrogens (tertiary/aromatic N) is 1. The third-order valence-electron chi connectivity index (χ3n) is 3.77. The highest BCUT2D eigenvalue weighted by Gasteiger charge is 2.12. The van der Waals surface area contributed by atoms with E-state index in [-0.39, 0.29) is 6.61 Å². The van der Waals surface area contributed by atoms with E-state index in [0.717, 1.165) is 33.9 Å². The molecule has 1 aromatic heterocycles. The number of aliphatic hydroxyl groups is 1. The SMILES string of the molecule is Cc1noc(C)c1-c1ccc(OCC(O)c2ccccc2)cc1. The molecule has 0 aliphatic heterocycles. The molecule has 0 bridgehead atoms. The van der Waals surface area contributed by atoms with Gasteiger partial charge in [-0.1, -0.05) is 47.6 Å². The zero-order valence-electron chi connectivity index (χ0n) is 13.2. The molecular formula is C19H19NO3. The summed E-state index contributed by atoms with van der Waals surface area (Å²) < 4.78 is 10.9. The van der Waals surface area contributed by atoms with Crippen LogP contribution in [0, 0.1) is 13.8 Å². The second-order valence-electron chi connectivity index (χ2n) is 5.46. The third-order valence-corrected chi connectivity index (χ3v) is 3.77. The fourth-order valence-corrected chi connectivity index (χ4v) is 2.56. The van der Waals surface area contributed by atoms with Crippen LogP contribution in [0.2, 0.25) is 0 Å². The van der Waals surface area contributed by atoms with Crippen LogP contribution in [-0.4, -0.2) is 16.9 Å². The first-order chi connectivity index (χ1) is 11.1. The molecule has 0 amide bonds. The number of benzene rings is 2. The molecule has 1 heterocycles. The van der Waals surface area contributed by atoms with Gasteiger partial charge < -0.3 is 14.4 Å². The van der Waals surface area contributed by atoms with E-state index >= 15 is 0 Å². The van der Waals surface area contributed by atoms with Gasteiger partial charge in [0, 0.05) is 5.56 Å². The summed E-state index contributed by atoms with van der Waals surface area (Å²) in [6.07, 6.45) is -0.640. The number of rotatable bonds is 5. The molecule has 4 heteroatoms. The minimum atomic E-state index is -0.640. The van der Waals surface area contributed by atoms with Crippen molar-refractivity contribution in [2.45, 2.75) is 20.0 Å². The number of aromatic nitrogens is 1. The molecule has 1 N–H and O–H groups in total. The van der Waals surface area contributed by atoms with Crippen molar-refractivity contribution < 1.29 is 14.4 Å². The standard InChI is InChI=1S/C19H19NO3/c1-13-19(14(2)23-20-13)16-8-10-17(11-9-16)22-12-18(21)15-6-4-3-5-7-15/h3-11,18,21H,12H2,1-2H3. The van der Waals surface area contributed by atoms with Gasteiger partial charge in [0.2, 0.25) is 0 Å². The van der Waals surface area contributed by atoms with Gasteiger partial charge in [-0.05, 0) is 37.1 Å². The summed E-state index contributed by atoms with van der Waals surface area (Å²) in [6.45, 7) is 4.04. The zero-order chi connectivity index (χ0) is 16.2. The lowest BCUT2D eigenvalue weighted by Crippen LogP contribution is -2.09. The van der Waals surface area contributed by atoms with E-state index in [1.165, 1.54) is 0 Å². The first-order valence-electron chi connectivity index (χ1n) is 7.54. The smallest absolute Gasteiger partial charge is 0.141 e. The third kappa shape index (κ3) is 3.43. The first-order valence-corrected chi connectivity index (χ1v) is 7.54. The lowest BCUT2D eigenvalue weighted by molar-refractivity contribution is 0.108. The molecular weight excluding hydrogens is 290 g/mol. The van der Waals surface area contributed by atoms with Crippen LogP contribution in [0.15, 0.2) is 59.1 Å². The van der Waals surface area contributed by atoms with Gasteiger partial charge in [-0.3, -0.25) is 0 Å². The molecule has 0 saturated heterocycles. The highest BCUT2D eigenvalue weighted by Crippen LogP contribution is 2.28. The number of aryl methyl sites for hydroxylation is 2. The average Bonchev–Trinajstić information content (AvgIpc) is 2.93. The first kappa shape index (κ1) is 15.3. The molecule has 4 nitrogen and oxygen atoms in total. The van der Waals surface area contributed by atoms with E-state index in [2.05, 4.69) is 5.16 Å². The zero-order valence-corrected chi connectivity index (χ0v) is 13.2. The Morgan fingerprint density at radius 3 is 2.35 bits per heavy atom. The summed E-state index contributed by atoms with van der Waals surface area (Å²) in [7, 11) is 0. The van der Waals surface area contributed by atoms with Crippen LogP contribution in [0.3, 0.4) is 0 Å². The molecule has 0 fully saturated rings. The van der Waals surface area contributed by atoms with Crippen molar-refractivity contribution in [1.82, 2.24) is 5.16 Å². The molecule has 1 unspecified atom stereocenters. The van der Waals surface area contributed by atoms with Gasteiger partial charge >= 0.3 is 0 Å².